The highest BCUT2D eigenvalue weighted by molar-refractivity contribution is 5.76. The van der Waals surface area contributed by atoms with Gasteiger partial charge in [-0.2, -0.15) is 0 Å². The van der Waals surface area contributed by atoms with Crippen molar-refractivity contribution in [1.82, 2.24) is 5.32 Å². The fraction of sp³-hybridized carbons (Fsp3) is 0.590. The van der Waals surface area contributed by atoms with Gasteiger partial charge < -0.3 is 15.5 Å². The molecule has 0 saturated heterocycles. The second-order valence-electron chi connectivity index (χ2n) is 17.2. The number of aliphatic hydroxyl groups excluding tert-OH is 2. The first-order valence-electron chi connectivity index (χ1n) is 26.5. The molecule has 65 heavy (non-hydrogen) atoms. The molecule has 0 aliphatic carbocycles. The van der Waals surface area contributed by atoms with Gasteiger partial charge in [0.25, 0.3) is 0 Å². The predicted octanol–water partition coefficient (Wildman–Crippen LogP) is 17.6. The molecule has 0 spiro atoms. The summed E-state index contributed by atoms with van der Waals surface area (Å²) in [7, 11) is 0. The van der Waals surface area contributed by atoms with E-state index < -0.39 is 12.1 Å². The number of rotatable bonds is 46. The minimum absolute atomic E-state index is 0.142. The summed E-state index contributed by atoms with van der Waals surface area (Å²) >= 11 is 0. The fourth-order valence-electron chi connectivity index (χ4n) is 7.03. The van der Waals surface area contributed by atoms with E-state index in [-0.39, 0.29) is 12.5 Å². The summed E-state index contributed by atoms with van der Waals surface area (Å²) in [6, 6.07) is -0.689. The highest BCUT2D eigenvalue weighted by Crippen LogP contribution is 2.14. The molecule has 2 unspecified atom stereocenters. The first-order valence-corrected chi connectivity index (χ1v) is 26.5. The molecule has 4 heteroatoms. The Kier molecular flexibility index (Phi) is 51.5. The molecule has 0 aliphatic heterocycles. The van der Waals surface area contributed by atoms with Gasteiger partial charge in [0.05, 0.1) is 18.8 Å². The zero-order valence-electron chi connectivity index (χ0n) is 41.9. The second-order valence-corrected chi connectivity index (χ2v) is 17.2. The van der Waals surface area contributed by atoms with Crippen LogP contribution >= 0.6 is 0 Å². The van der Waals surface area contributed by atoms with E-state index in [1.807, 2.05) is 6.08 Å². The van der Waals surface area contributed by atoms with Crippen LogP contribution in [0.3, 0.4) is 0 Å². The zero-order valence-corrected chi connectivity index (χ0v) is 41.9. The Bertz CT molecular complexity index is 1380. The number of allylic oxidation sites excluding steroid dienone is 23. The highest BCUT2D eigenvalue weighted by atomic mass is 16.3. The van der Waals surface area contributed by atoms with E-state index in [0.29, 0.717) is 6.42 Å². The van der Waals surface area contributed by atoms with E-state index in [0.717, 1.165) is 96.3 Å². The van der Waals surface area contributed by atoms with Gasteiger partial charge in [-0.25, -0.2) is 0 Å². The molecule has 0 bridgehead atoms. The van der Waals surface area contributed by atoms with Crippen LogP contribution in [0.25, 0.3) is 0 Å². The lowest BCUT2D eigenvalue weighted by atomic mass is 10.0. The number of carbonyl (C=O) groups is 1. The maximum absolute atomic E-state index is 12.4. The van der Waals surface area contributed by atoms with Crippen molar-refractivity contribution < 1.29 is 15.0 Å². The molecule has 4 nitrogen and oxygen atoms in total. The summed E-state index contributed by atoms with van der Waals surface area (Å²) in [4.78, 5) is 12.4. The van der Waals surface area contributed by atoms with Crippen LogP contribution in [-0.2, 0) is 4.79 Å². The van der Waals surface area contributed by atoms with Crippen LogP contribution in [0.2, 0.25) is 0 Å². The Labute approximate surface area is 402 Å². The van der Waals surface area contributed by atoms with Crippen molar-refractivity contribution in [3.05, 3.63) is 146 Å². The van der Waals surface area contributed by atoms with Gasteiger partial charge in [-0.15, -0.1) is 0 Å². The van der Waals surface area contributed by atoms with Gasteiger partial charge in [0.2, 0.25) is 5.91 Å². The minimum Gasteiger partial charge on any atom is -0.394 e. The lowest BCUT2D eigenvalue weighted by molar-refractivity contribution is -0.122. The zero-order chi connectivity index (χ0) is 47.0. The molecule has 0 aromatic carbocycles. The molecule has 0 fully saturated rings. The largest absolute Gasteiger partial charge is 0.394 e. The third kappa shape index (κ3) is 51.1. The molecule has 366 valence electrons. The third-order valence-corrected chi connectivity index (χ3v) is 11.0. The van der Waals surface area contributed by atoms with Crippen LogP contribution in [-0.4, -0.2) is 34.9 Å². The van der Waals surface area contributed by atoms with Crippen LogP contribution in [0.15, 0.2) is 146 Å². The van der Waals surface area contributed by atoms with Crippen molar-refractivity contribution in [2.45, 2.75) is 225 Å². The van der Waals surface area contributed by atoms with Crippen LogP contribution in [0.1, 0.15) is 213 Å². The number of amides is 1. The Morgan fingerprint density at radius 2 is 0.692 bits per heavy atom. The Balaban J connectivity index is 3.78. The number of hydrogen-bond donors (Lipinski definition) is 3. The lowest BCUT2D eigenvalue weighted by Gasteiger charge is -2.19. The summed E-state index contributed by atoms with van der Waals surface area (Å²) in [5.74, 6) is -0.142. The monoisotopic (exact) mass is 894 g/mol. The molecular formula is C61H99NO3. The third-order valence-electron chi connectivity index (χ3n) is 11.0. The molecule has 2 atom stereocenters. The standard InChI is InChI=1S/C61H99NO3/c1-3-5-7-9-11-13-15-17-19-21-23-25-27-29-30-31-32-33-35-37-39-41-43-45-47-49-51-53-55-57-61(65)62-59(58-63)60(64)56-54-52-50-48-46-44-42-40-38-36-34-28-26-24-22-20-18-16-14-12-10-8-6-4-2/h5,7,11,13,17,19,23,25,29-30,32-33,37-40,43,45-46,48-49,51,54,56,59-60,63-64H,3-4,6,8-10,12,14-16,18,20-22,24,26-28,31,34-36,41-42,44,47,50,52-53,55,57-58H2,1-2H3,(H,62,65)/b7-5-,13-11-,19-17-,25-23-,30-29-,33-32-,39-37-,40-38+,45-43-,48-46+,51-49-,56-54+. The van der Waals surface area contributed by atoms with Crippen molar-refractivity contribution in [2.24, 2.45) is 0 Å². The van der Waals surface area contributed by atoms with Crippen LogP contribution in [0, 0.1) is 0 Å². The molecule has 0 aromatic heterocycles. The number of carbonyl (C=O) groups excluding carboxylic acids is 1. The maximum atomic E-state index is 12.4. The van der Waals surface area contributed by atoms with E-state index in [1.165, 1.54) is 96.3 Å². The predicted molar refractivity (Wildman–Crippen MR) is 289 cm³/mol. The Morgan fingerprint density at radius 3 is 1.08 bits per heavy atom. The van der Waals surface area contributed by atoms with Crippen LogP contribution < -0.4 is 5.32 Å². The van der Waals surface area contributed by atoms with E-state index in [1.54, 1.807) is 6.08 Å². The fourth-order valence-corrected chi connectivity index (χ4v) is 7.03. The average Bonchev–Trinajstić information content (AvgIpc) is 3.31. The average molecular weight is 894 g/mol. The summed E-state index contributed by atoms with van der Waals surface area (Å²) in [5, 5.41) is 23.0. The number of nitrogens with one attached hydrogen (secondary N) is 1. The van der Waals surface area contributed by atoms with Gasteiger partial charge in [0, 0.05) is 6.42 Å². The van der Waals surface area contributed by atoms with E-state index in [4.69, 9.17) is 0 Å². The van der Waals surface area contributed by atoms with Gasteiger partial charge in [0.15, 0.2) is 0 Å². The maximum Gasteiger partial charge on any atom is 0.220 e. The van der Waals surface area contributed by atoms with Crippen molar-refractivity contribution >= 4 is 5.91 Å². The first-order chi connectivity index (χ1) is 32.2. The van der Waals surface area contributed by atoms with E-state index in [9.17, 15) is 15.0 Å². The number of aliphatic hydroxyl groups is 2. The van der Waals surface area contributed by atoms with Crippen molar-refractivity contribution in [3.63, 3.8) is 0 Å². The van der Waals surface area contributed by atoms with Gasteiger partial charge in [-0.05, 0) is 109 Å². The summed E-state index contributed by atoms with van der Waals surface area (Å²) < 4.78 is 0. The Hall–Kier alpha value is -3.73. The van der Waals surface area contributed by atoms with Crippen LogP contribution in [0.5, 0.6) is 0 Å². The topological polar surface area (TPSA) is 69.6 Å². The normalized spacial score (nSPS) is 14.1. The van der Waals surface area contributed by atoms with Crippen molar-refractivity contribution in [1.29, 1.82) is 0 Å². The van der Waals surface area contributed by atoms with Gasteiger partial charge in [0.1, 0.15) is 0 Å². The lowest BCUT2D eigenvalue weighted by Crippen LogP contribution is -2.45. The second kappa shape index (κ2) is 54.6. The quantitative estimate of drug-likeness (QED) is 0.0421. The Morgan fingerprint density at radius 1 is 0.385 bits per heavy atom. The first kappa shape index (κ1) is 61.3. The smallest absolute Gasteiger partial charge is 0.220 e. The highest BCUT2D eigenvalue weighted by Gasteiger charge is 2.17. The molecule has 0 saturated carbocycles. The summed E-state index contributed by atoms with van der Waals surface area (Å²) in [5.41, 5.74) is 0. The molecule has 0 radical (unpaired) electrons. The number of unbranched alkanes of at least 4 members (excludes halogenated alkanes) is 17. The molecule has 0 heterocycles. The van der Waals surface area contributed by atoms with E-state index >= 15 is 0 Å². The van der Waals surface area contributed by atoms with Gasteiger partial charge in [-0.1, -0.05) is 243 Å². The molecule has 3 N–H and O–H groups in total. The van der Waals surface area contributed by atoms with Crippen molar-refractivity contribution in [2.75, 3.05) is 6.61 Å². The minimum atomic E-state index is -0.907. The van der Waals surface area contributed by atoms with Crippen molar-refractivity contribution in [3.8, 4) is 0 Å². The molecule has 0 aliphatic rings. The van der Waals surface area contributed by atoms with Gasteiger partial charge >= 0.3 is 0 Å². The van der Waals surface area contributed by atoms with Gasteiger partial charge in [-0.3, -0.25) is 4.79 Å². The molecule has 0 rings (SSSR count). The van der Waals surface area contributed by atoms with E-state index in [2.05, 4.69) is 153 Å². The summed E-state index contributed by atoms with van der Waals surface area (Å²) in [6.07, 6.45) is 87.0. The number of hydrogen-bond acceptors (Lipinski definition) is 3. The van der Waals surface area contributed by atoms with Crippen LogP contribution in [0.4, 0.5) is 0 Å². The summed E-state index contributed by atoms with van der Waals surface area (Å²) in [6.45, 7) is 4.15. The molecule has 0 aromatic rings. The SMILES string of the molecule is CC/C=C\C/C=C\C/C=C\C/C=C\C/C=C\C/C=C\C/C=C\C/C=C\C/C=C\CCCC(=O)NC(CO)C(O)/C=C/CC/C=C/CC/C=C/CCCCCCCCCCCCCCCC. The molecular weight excluding hydrogens is 795 g/mol. The molecule has 1 amide bonds.